The normalized spacial score (nSPS) is 10.1. The molecule has 2 amide bonds. The van der Waals surface area contributed by atoms with Crippen molar-refractivity contribution >= 4 is 23.2 Å². The predicted molar refractivity (Wildman–Crippen MR) is 86.0 cm³/mol. The molecule has 0 fully saturated rings. The zero-order chi connectivity index (χ0) is 15.9. The molecule has 2 aromatic rings. The molecular weight excluding hydrogens is 300 g/mol. The second-order valence-corrected chi connectivity index (χ2v) is 5.99. The molecule has 1 heterocycles. The van der Waals surface area contributed by atoms with Gasteiger partial charge >= 0.3 is 0 Å². The van der Waals surface area contributed by atoms with Crippen molar-refractivity contribution in [1.29, 1.82) is 0 Å². The highest BCUT2D eigenvalue weighted by molar-refractivity contribution is 7.13. The molecule has 22 heavy (non-hydrogen) atoms. The van der Waals surface area contributed by atoms with E-state index in [0.29, 0.717) is 10.6 Å². The van der Waals surface area contributed by atoms with Crippen molar-refractivity contribution in [3.63, 3.8) is 0 Å². The Kier molecular flexibility index (Phi) is 5.55. The van der Waals surface area contributed by atoms with Gasteiger partial charge in [-0.3, -0.25) is 20.4 Å². The molecule has 2 rings (SSSR count). The highest BCUT2D eigenvalue weighted by atomic mass is 32.1. The Bertz CT molecular complexity index is 650. The average molecular weight is 318 g/mol. The van der Waals surface area contributed by atoms with Gasteiger partial charge in [-0.25, -0.2) is 0 Å². The van der Waals surface area contributed by atoms with Gasteiger partial charge in [0.2, 0.25) is 0 Å². The highest BCUT2D eigenvalue weighted by Crippen LogP contribution is 2.14. The number of hydrogen-bond donors (Lipinski definition) is 2. The van der Waals surface area contributed by atoms with Crippen LogP contribution in [0.25, 0.3) is 0 Å². The van der Waals surface area contributed by atoms with Crippen LogP contribution in [-0.2, 0) is 11.2 Å². The van der Waals surface area contributed by atoms with Gasteiger partial charge in [-0.1, -0.05) is 19.1 Å². The average Bonchev–Trinajstić information content (AvgIpc) is 2.97. The molecule has 0 saturated carbocycles. The highest BCUT2D eigenvalue weighted by Gasteiger charge is 2.09. The van der Waals surface area contributed by atoms with Crippen molar-refractivity contribution in [2.24, 2.45) is 0 Å². The Hall–Kier alpha value is -2.34. The smallest absolute Gasteiger partial charge is 0.279 e. The molecule has 0 unspecified atom stereocenters. The minimum atomic E-state index is -0.416. The third-order valence-electron chi connectivity index (χ3n) is 2.98. The zero-order valence-corrected chi connectivity index (χ0v) is 13.3. The number of aryl methyl sites for hydroxylation is 2. The molecule has 1 aromatic carbocycles. The second-order valence-electron chi connectivity index (χ2n) is 4.70. The van der Waals surface area contributed by atoms with Crippen molar-refractivity contribution in [2.45, 2.75) is 20.3 Å². The number of rotatable bonds is 5. The van der Waals surface area contributed by atoms with E-state index in [0.717, 1.165) is 11.3 Å². The van der Waals surface area contributed by atoms with Crippen LogP contribution in [0.5, 0.6) is 5.75 Å². The largest absolute Gasteiger partial charge is 0.484 e. The summed E-state index contributed by atoms with van der Waals surface area (Å²) >= 11 is 1.37. The van der Waals surface area contributed by atoms with Crippen molar-refractivity contribution in [3.8, 4) is 5.75 Å². The molecule has 0 spiro atoms. The maximum absolute atomic E-state index is 11.8. The van der Waals surface area contributed by atoms with Crippen molar-refractivity contribution < 1.29 is 14.3 Å². The summed E-state index contributed by atoms with van der Waals surface area (Å²) in [6, 6.07) is 11.1. The second kappa shape index (κ2) is 7.61. The van der Waals surface area contributed by atoms with Crippen LogP contribution >= 0.6 is 11.3 Å². The standard InChI is InChI=1S/C16H18N2O3S/c1-3-12-5-7-13(8-6-12)21-10-15(19)17-18-16(20)14-9-4-11(2)22-14/h4-9H,3,10H2,1-2H3,(H,17,19)(H,18,20). The number of carbonyl (C=O) groups excluding carboxylic acids is 2. The number of carbonyl (C=O) groups is 2. The van der Waals surface area contributed by atoms with Gasteiger partial charge in [0, 0.05) is 4.88 Å². The van der Waals surface area contributed by atoms with Gasteiger partial charge in [0.15, 0.2) is 6.61 Å². The molecule has 0 aliphatic carbocycles. The van der Waals surface area contributed by atoms with Crippen molar-refractivity contribution in [1.82, 2.24) is 10.9 Å². The first kappa shape index (κ1) is 16.0. The summed E-state index contributed by atoms with van der Waals surface area (Å²) in [4.78, 5) is 25.0. The van der Waals surface area contributed by atoms with Gasteiger partial charge in [0.05, 0.1) is 4.88 Å². The van der Waals surface area contributed by atoms with Crippen molar-refractivity contribution in [2.75, 3.05) is 6.61 Å². The Balaban J connectivity index is 1.74. The number of amides is 2. The first-order valence-electron chi connectivity index (χ1n) is 6.96. The Labute approximate surface area is 133 Å². The Morgan fingerprint density at radius 3 is 2.41 bits per heavy atom. The minimum Gasteiger partial charge on any atom is -0.484 e. The molecule has 0 aliphatic heterocycles. The summed E-state index contributed by atoms with van der Waals surface area (Å²) in [7, 11) is 0. The fourth-order valence-electron chi connectivity index (χ4n) is 1.75. The lowest BCUT2D eigenvalue weighted by atomic mass is 10.2. The minimum absolute atomic E-state index is 0.158. The molecule has 6 heteroatoms. The van der Waals surface area contributed by atoms with Gasteiger partial charge < -0.3 is 4.74 Å². The molecule has 0 aliphatic rings. The summed E-state index contributed by atoms with van der Waals surface area (Å²) in [6.07, 6.45) is 0.953. The van der Waals surface area contributed by atoms with Crippen LogP contribution < -0.4 is 15.6 Å². The van der Waals surface area contributed by atoms with E-state index < -0.39 is 5.91 Å². The maximum Gasteiger partial charge on any atom is 0.279 e. The number of hydrazine groups is 1. The van der Waals surface area contributed by atoms with Crippen LogP contribution in [0.2, 0.25) is 0 Å². The maximum atomic E-state index is 11.8. The first-order chi connectivity index (χ1) is 10.6. The lowest BCUT2D eigenvalue weighted by molar-refractivity contribution is -0.123. The molecule has 2 N–H and O–H groups in total. The van der Waals surface area contributed by atoms with E-state index in [1.54, 1.807) is 6.07 Å². The lowest BCUT2D eigenvalue weighted by Gasteiger charge is -2.08. The molecule has 0 radical (unpaired) electrons. The summed E-state index contributed by atoms with van der Waals surface area (Å²) in [6.45, 7) is 3.83. The molecule has 0 atom stereocenters. The summed E-state index contributed by atoms with van der Waals surface area (Å²) < 4.78 is 5.35. The Morgan fingerprint density at radius 2 is 1.82 bits per heavy atom. The molecular formula is C16H18N2O3S. The van der Waals surface area contributed by atoms with E-state index in [2.05, 4.69) is 17.8 Å². The SMILES string of the molecule is CCc1ccc(OCC(=O)NNC(=O)c2ccc(C)s2)cc1. The van der Waals surface area contributed by atoms with Gasteiger partial charge in [-0.05, 0) is 43.2 Å². The molecule has 0 bridgehead atoms. The number of hydrogen-bond acceptors (Lipinski definition) is 4. The quantitative estimate of drug-likeness (QED) is 0.832. The van der Waals surface area contributed by atoms with E-state index in [1.807, 2.05) is 37.3 Å². The van der Waals surface area contributed by atoms with Crippen molar-refractivity contribution in [3.05, 3.63) is 51.7 Å². The number of benzene rings is 1. The number of thiophene rings is 1. The molecule has 0 saturated heterocycles. The van der Waals surface area contributed by atoms with E-state index in [1.165, 1.54) is 16.9 Å². The van der Waals surface area contributed by atoms with Gasteiger partial charge in [-0.2, -0.15) is 0 Å². The van der Waals surface area contributed by atoms with E-state index >= 15 is 0 Å². The molecule has 5 nitrogen and oxygen atoms in total. The fraction of sp³-hybridized carbons (Fsp3) is 0.250. The van der Waals surface area contributed by atoms with Crippen LogP contribution in [0.15, 0.2) is 36.4 Å². The summed E-state index contributed by atoms with van der Waals surface area (Å²) in [5.74, 6) is -0.132. The Morgan fingerprint density at radius 1 is 1.09 bits per heavy atom. The zero-order valence-electron chi connectivity index (χ0n) is 12.5. The van der Waals surface area contributed by atoms with Crippen LogP contribution in [0.3, 0.4) is 0 Å². The van der Waals surface area contributed by atoms with E-state index in [4.69, 9.17) is 4.74 Å². The van der Waals surface area contributed by atoms with Crippen LogP contribution in [-0.4, -0.2) is 18.4 Å². The summed E-state index contributed by atoms with van der Waals surface area (Å²) in [5, 5.41) is 0. The number of nitrogens with one attached hydrogen (secondary N) is 2. The third-order valence-corrected chi connectivity index (χ3v) is 3.98. The van der Waals surface area contributed by atoms with E-state index in [9.17, 15) is 9.59 Å². The summed E-state index contributed by atoms with van der Waals surface area (Å²) in [5.41, 5.74) is 5.89. The number of ether oxygens (including phenoxy) is 1. The topological polar surface area (TPSA) is 67.4 Å². The molecule has 1 aromatic heterocycles. The van der Waals surface area contributed by atoms with Crippen LogP contribution in [0.1, 0.15) is 27.0 Å². The first-order valence-corrected chi connectivity index (χ1v) is 7.77. The van der Waals surface area contributed by atoms with Gasteiger partial charge in [-0.15, -0.1) is 11.3 Å². The van der Waals surface area contributed by atoms with Crippen LogP contribution in [0.4, 0.5) is 0 Å². The fourth-order valence-corrected chi connectivity index (χ4v) is 2.51. The van der Waals surface area contributed by atoms with E-state index in [-0.39, 0.29) is 12.5 Å². The predicted octanol–water partition coefficient (Wildman–Crippen LogP) is 2.46. The van der Waals surface area contributed by atoms with Crippen LogP contribution in [0, 0.1) is 6.92 Å². The monoisotopic (exact) mass is 318 g/mol. The van der Waals surface area contributed by atoms with Gasteiger partial charge in [0.25, 0.3) is 11.8 Å². The lowest BCUT2D eigenvalue weighted by Crippen LogP contribution is -2.43. The molecule has 116 valence electrons. The van der Waals surface area contributed by atoms with Gasteiger partial charge in [0.1, 0.15) is 5.75 Å². The third kappa shape index (κ3) is 4.60.